The number of aliphatic hydroxyl groups is 2. The minimum absolute atomic E-state index is 0.0810. The molecule has 4 nitrogen and oxygen atoms in total. The third-order valence-corrected chi connectivity index (χ3v) is 4.47. The summed E-state index contributed by atoms with van der Waals surface area (Å²) in [6, 6.07) is 0. The number of hydrogen-bond donors (Lipinski definition) is 3. The number of carboxylic acid groups (broad SMARTS) is 1. The van der Waals surface area contributed by atoms with Crippen molar-refractivity contribution in [3.05, 3.63) is 0 Å². The largest absolute Gasteiger partial charge is 0.481 e. The van der Waals surface area contributed by atoms with Crippen LogP contribution in [-0.2, 0) is 4.79 Å². The first-order chi connectivity index (χ1) is 12.4. The van der Waals surface area contributed by atoms with Gasteiger partial charge >= 0.3 is 5.97 Å². The maximum Gasteiger partial charge on any atom is 0.303 e. The van der Waals surface area contributed by atoms with E-state index < -0.39 is 5.97 Å². The van der Waals surface area contributed by atoms with Gasteiger partial charge in [-0.1, -0.05) is 90.9 Å². The lowest BCUT2D eigenvalue weighted by atomic mass is 10.0. The summed E-state index contributed by atoms with van der Waals surface area (Å²) < 4.78 is 0. The van der Waals surface area contributed by atoms with Gasteiger partial charge in [0.1, 0.15) is 0 Å². The molecule has 0 fully saturated rings. The Bertz CT molecular complexity index is 277. The van der Waals surface area contributed by atoms with E-state index in [-0.39, 0.29) is 12.7 Å². The molecule has 0 aliphatic heterocycles. The van der Waals surface area contributed by atoms with E-state index in [0.29, 0.717) is 12.8 Å². The van der Waals surface area contributed by atoms with Gasteiger partial charge in [-0.25, -0.2) is 0 Å². The first kappa shape index (κ1) is 27.6. The Hall–Kier alpha value is -0.610. The molecule has 0 bridgehead atoms. The zero-order valence-corrected chi connectivity index (χ0v) is 17.7. The topological polar surface area (TPSA) is 77.8 Å². The van der Waals surface area contributed by atoms with Gasteiger partial charge in [0.2, 0.25) is 0 Å². The SMILES string of the molecule is CC(C)CCCCCCCCCCCCCCC(=O)O.CC(O)CCO. The second kappa shape index (κ2) is 22.4. The van der Waals surface area contributed by atoms with Gasteiger partial charge in [-0.3, -0.25) is 4.79 Å². The zero-order valence-electron chi connectivity index (χ0n) is 17.7. The Morgan fingerprint density at radius 1 is 0.692 bits per heavy atom. The Balaban J connectivity index is 0. The predicted molar refractivity (Wildman–Crippen MR) is 110 cm³/mol. The molecule has 0 saturated carbocycles. The zero-order chi connectivity index (χ0) is 20.0. The highest BCUT2D eigenvalue weighted by molar-refractivity contribution is 5.66. The monoisotopic (exact) mass is 374 g/mol. The molecule has 0 aromatic carbocycles. The Kier molecular flexibility index (Phi) is 23.8. The van der Waals surface area contributed by atoms with Gasteiger partial charge in [-0.05, 0) is 25.7 Å². The van der Waals surface area contributed by atoms with Crippen molar-refractivity contribution < 1.29 is 20.1 Å². The van der Waals surface area contributed by atoms with Crippen molar-refractivity contribution >= 4 is 5.97 Å². The van der Waals surface area contributed by atoms with Gasteiger partial charge in [0, 0.05) is 13.0 Å². The molecule has 158 valence electrons. The Morgan fingerprint density at radius 2 is 1.08 bits per heavy atom. The molecule has 0 heterocycles. The van der Waals surface area contributed by atoms with Crippen molar-refractivity contribution in [1.29, 1.82) is 0 Å². The van der Waals surface area contributed by atoms with Crippen LogP contribution in [0.5, 0.6) is 0 Å². The number of aliphatic carboxylic acids is 1. The molecule has 0 aliphatic carbocycles. The van der Waals surface area contributed by atoms with Crippen molar-refractivity contribution in [2.45, 2.75) is 123 Å². The normalized spacial score (nSPS) is 11.9. The maximum absolute atomic E-state index is 10.3. The lowest BCUT2D eigenvalue weighted by Gasteiger charge is -2.04. The number of rotatable bonds is 17. The van der Waals surface area contributed by atoms with Crippen LogP contribution in [0.25, 0.3) is 0 Å². The summed E-state index contributed by atoms with van der Waals surface area (Å²) in [5.41, 5.74) is 0. The molecule has 0 saturated heterocycles. The first-order valence-corrected chi connectivity index (χ1v) is 10.9. The number of unbranched alkanes of at least 4 members (excludes halogenated alkanes) is 11. The van der Waals surface area contributed by atoms with Crippen molar-refractivity contribution in [1.82, 2.24) is 0 Å². The van der Waals surface area contributed by atoms with Crippen LogP contribution in [0, 0.1) is 5.92 Å². The molecule has 0 radical (unpaired) electrons. The van der Waals surface area contributed by atoms with E-state index in [1.807, 2.05) is 0 Å². The van der Waals surface area contributed by atoms with E-state index in [9.17, 15) is 4.79 Å². The van der Waals surface area contributed by atoms with Crippen LogP contribution in [0.3, 0.4) is 0 Å². The smallest absolute Gasteiger partial charge is 0.303 e. The van der Waals surface area contributed by atoms with Crippen LogP contribution in [0.15, 0.2) is 0 Å². The molecular weight excluding hydrogens is 328 g/mol. The fraction of sp³-hybridized carbons (Fsp3) is 0.955. The van der Waals surface area contributed by atoms with E-state index in [4.69, 9.17) is 15.3 Å². The molecule has 0 rings (SSSR count). The molecule has 0 spiro atoms. The summed E-state index contributed by atoms with van der Waals surface area (Å²) in [7, 11) is 0. The van der Waals surface area contributed by atoms with Crippen LogP contribution in [-0.4, -0.2) is 34.0 Å². The Labute approximate surface area is 162 Å². The molecule has 1 unspecified atom stereocenters. The van der Waals surface area contributed by atoms with Crippen LogP contribution >= 0.6 is 0 Å². The minimum atomic E-state index is -0.654. The second-order valence-electron chi connectivity index (χ2n) is 7.93. The predicted octanol–water partition coefficient (Wildman–Crippen LogP) is 5.94. The summed E-state index contributed by atoms with van der Waals surface area (Å²) in [5.74, 6) is 0.212. The average molecular weight is 375 g/mol. The fourth-order valence-electron chi connectivity index (χ4n) is 2.78. The lowest BCUT2D eigenvalue weighted by molar-refractivity contribution is -0.137. The number of carboxylic acids is 1. The van der Waals surface area contributed by atoms with Crippen LogP contribution < -0.4 is 0 Å². The Morgan fingerprint density at radius 3 is 1.35 bits per heavy atom. The van der Waals surface area contributed by atoms with E-state index in [1.165, 1.54) is 70.6 Å². The second-order valence-corrected chi connectivity index (χ2v) is 7.93. The van der Waals surface area contributed by atoms with Crippen molar-refractivity contribution in [3.8, 4) is 0 Å². The standard InChI is InChI=1S/C18H36O2.C4H10O2/c1-17(2)15-13-11-9-7-5-3-4-6-8-10-12-14-16-18(19)20;1-4(6)2-3-5/h17H,3-16H2,1-2H3,(H,19,20);4-6H,2-3H2,1H3. The number of hydrogen-bond acceptors (Lipinski definition) is 3. The van der Waals surface area contributed by atoms with E-state index >= 15 is 0 Å². The molecule has 1 atom stereocenters. The van der Waals surface area contributed by atoms with Crippen molar-refractivity contribution in [3.63, 3.8) is 0 Å². The third-order valence-electron chi connectivity index (χ3n) is 4.47. The average Bonchev–Trinajstić information content (AvgIpc) is 2.55. The minimum Gasteiger partial charge on any atom is -0.481 e. The highest BCUT2D eigenvalue weighted by atomic mass is 16.4. The van der Waals surface area contributed by atoms with E-state index in [0.717, 1.165) is 18.8 Å². The molecule has 4 heteroatoms. The maximum atomic E-state index is 10.3. The number of aliphatic hydroxyl groups excluding tert-OH is 2. The summed E-state index contributed by atoms with van der Waals surface area (Å²) in [4.78, 5) is 10.3. The van der Waals surface area contributed by atoms with Gasteiger partial charge in [0.15, 0.2) is 0 Å². The van der Waals surface area contributed by atoms with Crippen molar-refractivity contribution in [2.24, 2.45) is 5.92 Å². The summed E-state index contributed by atoms with van der Waals surface area (Å²) in [6.45, 7) is 6.34. The third kappa shape index (κ3) is 31.2. The van der Waals surface area contributed by atoms with Crippen LogP contribution in [0.1, 0.15) is 117 Å². The van der Waals surface area contributed by atoms with Gasteiger partial charge in [0.05, 0.1) is 6.10 Å². The van der Waals surface area contributed by atoms with Crippen LogP contribution in [0.2, 0.25) is 0 Å². The molecule has 0 aliphatic rings. The van der Waals surface area contributed by atoms with Crippen LogP contribution in [0.4, 0.5) is 0 Å². The van der Waals surface area contributed by atoms with Gasteiger partial charge in [-0.2, -0.15) is 0 Å². The molecule has 0 amide bonds. The highest BCUT2D eigenvalue weighted by Gasteiger charge is 1.97. The van der Waals surface area contributed by atoms with Gasteiger partial charge < -0.3 is 15.3 Å². The first-order valence-electron chi connectivity index (χ1n) is 10.9. The van der Waals surface area contributed by atoms with Crippen molar-refractivity contribution in [2.75, 3.05) is 6.61 Å². The van der Waals surface area contributed by atoms with Gasteiger partial charge in [-0.15, -0.1) is 0 Å². The summed E-state index contributed by atoms with van der Waals surface area (Å²) in [5, 5.41) is 25.0. The van der Waals surface area contributed by atoms with E-state index in [1.54, 1.807) is 6.92 Å². The van der Waals surface area contributed by atoms with Gasteiger partial charge in [0.25, 0.3) is 0 Å². The van der Waals surface area contributed by atoms with E-state index in [2.05, 4.69) is 13.8 Å². The summed E-state index contributed by atoms with van der Waals surface area (Å²) in [6.07, 6.45) is 17.5. The molecule has 0 aromatic rings. The molecule has 3 N–H and O–H groups in total. The highest BCUT2D eigenvalue weighted by Crippen LogP contribution is 2.14. The molecule has 26 heavy (non-hydrogen) atoms. The quantitative estimate of drug-likeness (QED) is 0.275. The number of carbonyl (C=O) groups is 1. The lowest BCUT2D eigenvalue weighted by Crippen LogP contribution is -2.00. The molecular formula is C22H46O4. The molecule has 0 aromatic heterocycles. The summed E-state index contributed by atoms with van der Waals surface area (Å²) >= 11 is 0. The fourth-order valence-corrected chi connectivity index (χ4v) is 2.78.